The van der Waals surface area contributed by atoms with Gasteiger partial charge in [0.1, 0.15) is 5.01 Å². The largest absolute Gasteiger partial charge is 0.416 e. The normalized spacial score (nSPS) is 11.2. The zero-order valence-corrected chi connectivity index (χ0v) is 14.2. The second-order valence-electron chi connectivity index (χ2n) is 5.38. The maximum atomic E-state index is 12.5. The number of halogens is 3. The Bertz CT molecular complexity index is 877. The molecule has 0 bridgehead atoms. The van der Waals surface area contributed by atoms with Crippen LogP contribution in [0.4, 0.5) is 23.7 Å². The quantitative estimate of drug-likeness (QED) is 0.661. The molecule has 1 heterocycles. The molecule has 0 saturated carbocycles. The second-order valence-corrected chi connectivity index (χ2v) is 6.32. The van der Waals surface area contributed by atoms with E-state index in [9.17, 15) is 18.0 Å². The smallest absolute Gasteiger partial charge is 0.331 e. The summed E-state index contributed by atoms with van der Waals surface area (Å²) in [5.41, 5.74) is 1.33. The zero-order valence-electron chi connectivity index (χ0n) is 13.4. The van der Waals surface area contributed by atoms with Gasteiger partial charge in [0.2, 0.25) is 0 Å². The lowest BCUT2D eigenvalue weighted by molar-refractivity contribution is -0.137. The summed E-state index contributed by atoms with van der Waals surface area (Å²) in [7, 11) is 0. The highest BCUT2D eigenvalue weighted by atomic mass is 32.1. The molecule has 0 atom stereocenters. The number of nitrogens with one attached hydrogen (secondary N) is 2. The Kier molecular flexibility index (Phi) is 5.22. The first-order chi connectivity index (χ1) is 12.4. The highest BCUT2D eigenvalue weighted by Gasteiger charge is 2.29. The number of nitrogens with zero attached hydrogens (tertiary/aromatic N) is 1. The Morgan fingerprint density at radius 1 is 1.04 bits per heavy atom. The van der Waals surface area contributed by atoms with Crippen molar-refractivity contribution < 1.29 is 18.0 Å². The Labute approximate surface area is 151 Å². The van der Waals surface area contributed by atoms with Gasteiger partial charge in [-0.3, -0.25) is 0 Å². The van der Waals surface area contributed by atoms with Gasteiger partial charge in [-0.2, -0.15) is 13.2 Å². The number of carbonyl (C=O) groups is 1. The van der Waals surface area contributed by atoms with Crippen LogP contribution in [-0.2, 0) is 12.7 Å². The number of hydrogen-bond acceptors (Lipinski definition) is 3. The van der Waals surface area contributed by atoms with E-state index in [1.165, 1.54) is 23.5 Å². The maximum Gasteiger partial charge on any atom is 0.416 e. The van der Waals surface area contributed by atoms with Gasteiger partial charge in [0.15, 0.2) is 0 Å². The Morgan fingerprint density at radius 3 is 2.38 bits per heavy atom. The molecule has 0 aliphatic carbocycles. The third-order valence-corrected chi connectivity index (χ3v) is 4.34. The zero-order chi connectivity index (χ0) is 18.6. The van der Waals surface area contributed by atoms with E-state index in [1.807, 2.05) is 35.7 Å². The predicted molar refractivity (Wildman–Crippen MR) is 94.9 cm³/mol. The summed E-state index contributed by atoms with van der Waals surface area (Å²) < 4.78 is 37.5. The molecule has 0 unspecified atom stereocenters. The molecule has 3 rings (SSSR count). The molecule has 2 N–H and O–H groups in total. The summed E-state index contributed by atoms with van der Waals surface area (Å²) in [6, 6.07) is 13.4. The highest BCUT2D eigenvalue weighted by Crippen LogP contribution is 2.29. The fourth-order valence-corrected chi connectivity index (χ4v) is 2.95. The van der Waals surface area contributed by atoms with Crippen molar-refractivity contribution >= 4 is 23.1 Å². The number of amides is 2. The monoisotopic (exact) mass is 377 g/mol. The first kappa shape index (κ1) is 17.9. The summed E-state index contributed by atoms with van der Waals surface area (Å²) in [5, 5.41) is 7.75. The number of urea groups is 1. The molecule has 8 heteroatoms. The summed E-state index contributed by atoms with van der Waals surface area (Å²) in [5.74, 6) is 0. The van der Waals surface area contributed by atoms with Crippen LogP contribution in [0.3, 0.4) is 0 Å². The maximum absolute atomic E-state index is 12.5. The van der Waals surface area contributed by atoms with Gasteiger partial charge in [-0.25, -0.2) is 9.78 Å². The molecular weight excluding hydrogens is 363 g/mol. The number of aromatic nitrogens is 1. The second kappa shape index (κ2) is 7.57. The first-order valence-corrected chi connectivity index (χ1v) is 8.52. The van der Waals surface area contributed by atoms with Gasteiger partial charge in [-0.1, -0.05) is 30.3 Å². The minimum absolute atomic E-state index is 0.226. The Balaban J connectivity index is 1.54. The summed E-state index contributed by atoms with van der Waals surface area (Å²) in [6.45, 7) is 0.226. The van der Waals surface area contributed by atoms with E-state index < -0.39 is 17.8 Å². The van der Waals surface area contributed by atoms with Crippen LogP contribution >= 0.6 is 11.3 Å². The minimum atomic E-state index is -4.40. The number of thiazole rings is 1. The molecule has 0 aliphatic rings. The third kappa shape index (κ3) is 4.60. The number of carbonyl (C=O) groups excluding carboxylic acids is 1. The van der Waals surface area contributed by atoms with Crippen LogP contribution in [0.5, 0.6) is 0 Å². The number of rotatable bonds is 4. The van der Waals surface area contributed by atoms with Crippen LogP contribution in [0.2, 0.25) is 0 Å². The fourth-order valence-electron chi connectivity index (χ4n) is 2.21. The van der Waals surface area contributed by atoms with Gasteiger partial charge >= 0.3 is 12.2 Å². The van der Waals surface area contributed by atoms with Crippen molar-refractivity contribution in [1.82, 2.24) is 10.3 Å². The lowest BCUT2D eigenvalue weighted by Crippen LogP contribution is -2.28. The first-order valence-electron chi connectivity index (χ1n) is 7.64. The van der Waals surface area contributed by atoms with Gasteiger partial charge in [0.25, 0.3) is 0 Å². The van der Waals surface area contributed by atoms with Crippen molar-refractivity contribution in [2.24, 2.45) is 0 Å². The van der Waals surface area contributed by atoms with E-state index in [0.717, 1.165) is 28.4 Å². The number of hydrogen-bond donors (Lipinski definition) is 2. The number of alkyl halides is 3. The molecule has 0 radical (unpaired) electrons. The SMILES string of the molecule is O=C(NCc1nc(-c2ccccc2)cs1)Nc1ccc(C(F)(F)F)cc1. The van der Waals surface area contributed by atoms with Crippen molar-refractivity contribution in [3.05, 3.63) is 70.5 Å². The van der Waals surface area contributed by atoms with E-state index in [1.54, 1.807) is 0 Å². The molecule has 4 nitrogen and oxygen atoms in total. The van der Waals surface area contributed by atoms with Gasteiger partial charge in [-0.15, -0.1) is 11.3 Å². The van der Waals surface area contributed by atoms with E-state index in [-0.39, 0.29) is 12.2 Å². The molecular formula is C18H14F3N3OS. The number of benzene rings is 2. The minimum Gasteiger partial charge on any atom is -0.331 e. The lowest BCUT2D eigenvalue weighted by atomic mass is 10.2. The standard InChI is InChI=1S/C18H14F3N3OS/c19-18(20,21)13-6-8-14(9-7-13)23-17(25)22-10-16-24-15(11-26-16)12-4-2-1-3-5-12/h1-9,11H,10H2,(H2,22,23,25). The molecule has 3 aromatic rings. The summed E-state index contributed by atoms with van der Waals surface area (Å²) in [4.78, 5) is 16.3. The van der Waals surface area contributed by atoms with Crippen LogP contribution in [0, 0.1) is 0 Å². The Hall–Kier alpha value is -2.87. The van der Waals surface area contributed by atoms with Crippen LogP contribution in [0.15, 0.2) is 60.0 Å². The van der Waals surface area contributed by atoms with E-state index in [0.29, 0.717) is 0 Å². The van der Waals surface area contributed by atoms with Crippen molar-refractivity contribution in [2.45, 2.75) is 12.7 Å². The molecule has 134 valence electrons. The summed E-state index contributed by atoms with van der Waals surface area (Å²) >= 11 is 1.42. The predicted octanol–water partition coefficient (Wildman–Crippen LogP) is 5.15. The molecule has 2 amide bonds. The van der Waals surface area contributed by atoms with Crippen molar-refractivity contribution in [2.75, 3.05) is 5.32 Å². The topological polar surface area (TPSA) is 54.0 Å². The molecule has 0 saturated heterocycles. The highest BCUT2D eigenvalue weighted by molar-refractivity contribution is 7.09. The van der Waals surface area contributed by atoms with Crippen LogP contribution in [0.25, 0.3) is 11.3 Å². The Morgan fingerprint density at radius 2 is 1.73 bits per heavy atom. The summed E-state index contributed by atoms with van der Waals surface area (Å²) in [6.07, 6.45) is -4.40. The van der Waals surface area contributed by atoms with Crippen molar-refractivity contribution in [3.8, 4) is 11.3 Å². The van der Waals surface area contributed by atoms with Crippen LogP contribution in [0.1, 0.15) is 10.6 Å². The van der Waals surface area contributed by atoms with E-state index in [2.05, 4.69) is 15.6 Å². The van der Waals surface area contributed by atoms with Gasteiger partial charge < -0.3 is 10.6 Å². The van der Waals surface area contributed by atoms with Gasteiger partial charge in [-0.05, 0) is 24.3 Å². The van der Waals surface area contributed by atoms with E-state index >= 15 is 0 Å². The van der Waals surface area contributed by atoms with Gasteiger partial charge in [0.05, 0.1) is 17.8 Å². The van der Waals surface area contributed by atoms with Crippen molar-refractivity contribution in [1.29, 1.82) is 0 Å². The molecule has 1 aromatic heterocycles. The van der Waals surface area contributed by atoms with Gasteiger partial charge in [0, 0.05) is 16.6 Å². The number of anilines is 1. The molecule has 0 aliphatic heterocycles. The molecule has 0 fully saturated rings. The van der Waals surface area contributed by atoms with E-state index in [4.69, 9.17) is 0 Å². The lowest BCUT2D eigenvalue weighted by Gasteiger charge is -2.09. The molecule has 2 aromatic carbocycles. The molecule has 0 spiro atoms. The van der Waals surface area contributed by atoms with Crippen LogP contribution < -0.4 is 10.6 Å². The molecule has 26 heavy (non-hydrogen) atoms. The third-order valence-electron chi connectivity index (χ3n) is 3.49. The average Bonchev–Trinajstić information content (AvgIpc) is 3.09. The van der Waals surface area contributed by atoms with Crippen LogP contribution in [-0.4, -0.2) is 11.0 Å². The average molecular weight is 377 g/mol. The fraction of sp³-hybridized carbons (Fsp3) is 0.111. The van der Waals surface area contributed by atoms with Crippen molar-refractivity contribution in [3.63, 3.8) is 0 Å².